The van der Waals surface area contributed by atoms with Gasteiger partial charge in [0.05, 0.1) is 19.2 Å². The van der Waals surface area contributed by atoms with Crippen molar-refractivity contribution in [1.82, 2.24) is 4.90 Å². The van der Waals surface area contributed by atoms with Crippen LogP contribution in [0.3, 0.4) is 0 Å². The smallest absolute Gasteiger partial charge is 0.238 e. The number of nitrogens with one attached hydrogen (secondary N) is 1. The van der Waals surface area contributed by atoms with Gasteiger partial charge in [0.25, 0.3) is 0 Å². The standard InChI is InChI=1S/C13H17N3O/c1-2-9-16(10-8-14)11-13(17)15-12-6-4-3-5-7-12/h3-7H,2,9-11H2,1H3,(H,15,17). The van der Waals surface area contributed by atoms with Gasteiger partial charge in [0.15, 0.2) is 0 Å². The molecule has 90 valence electrons. The first kappa shape index (κ1) is 13.2. The molecule has 0 saturated heterocycles. The number of rotatable bonds is 6. The molecule has 0 aromatic heterocycles. The van der Waals surface area contributed by atoms with Crippen LogP contribution in [0.1, 0.15) is 13.3 Å². The van der Waals surface area contributed by atoms with Crippen LogP contribution in [0.5, 0.6) is 0 Å². The molecule has 1 rings (SSSR count). The van der Waals surface area contributed by atoms with E-state index >= 15 is 0 Å². The topological polar surface area (TPSA) is 56.1 Å². The van der Waals surface area contributed by atoms with Crippen LogP contribution in [-0.2, 0) is 4.79 Å². The van der Waals surface area contributed by atoms with Crippen molar-refractivity contribution in [2.45, 2.75) is 13.3 Å². The Hall–Kier alpha value is -1.86. The van der Waals surface area contributed by atoms with Crippen LogP contribution in [0.15, 0.2) is 30.3 Å². The average Bonchev–Trinajstić information content (AvgIpc) is 2.30. The molecule has 0 bridgehead atoms. The van der Waals surface area contributed by atoms with E-state index in [0.717, 1.165) is 18.7 Å². The van der Waals surface area contributed by atoms with E-state index in [2.05, 4.69) is 11.4 Å². The largest absolute Gasteiger partial charge is 0.325 e. The van der Waals surface area contributed by atoms with Crippen LogP contribution < -0.4 is 5.32 Å². The molecule has 0 aliphatic heterocycles. The number of benzene rings is 1. The lowest BCUT2D eigenvalue weighted by atomic mass is 10.3. The number of amides is 1. The summed E-state index contributed by atoms with van der Waals surface area (Å²) in [4.78, 5) is 13.5. The van der Waals surface area contributed by atoms with E-state index in [-0.39, 0.29) is 19.0 Å². The Bertz CT molecular complexity index is 383. The third-order valence-electron chi connectivity index (χ3n) is 2.26. The zero-order chi connectivity index (χ0) is 12.5. The van der Waals surface area contributed by atoms with E-state index in [0.29, 0.717) is 0 Å². The predicted octanol–water partition coefficient (Wildman–Crippen LogP) is 1.86. The van der Waals surface area contributed by atoms with E-state index in [1.165, 1.54) is 0 Å². The summed E-state index contributed by atoms with van der Waals surface area (Å²) in [6, 6.07) is 11.4. The molecule has 1 N–H and O–H groups in total. The zero-order valence-electron chi connectivity index (χ0n) is 10.0. The number of nitriles is 1. The fourth-order valence-electron chi connectivity index (χ4n) is 1.56. The van der Waals surface area contributed by atoms with Gasteiger partial charge in [-0.15, -0.1) is 0 Å². The Morgan fingerprint density at radius 1 is 1.41 bits per heavy atom. The Kier molecular flexibility index (Phi) is 5.76. The lowest BCUT2D eigenvalue weighted by molar-refractivity contribution is -0.117. The molecule has 4 heteroatoms. The van der Waals surface area contributed by atoms with Crippen molar-refractivity contribution in [2.24, 2.45) is 0 Å². The SMILES string of the molecule is CCCN(CC#N)CC(=O)Nc1ccccc1. The number of hydrogen-bond acceptors (Lipinski definition) is 3. The third-order valence-corrected chi connectivity index (χ3v) is 2.26. The van der Waals surface area contributed by atoms with Crippen LogP contribution in [0, 0.1) is 11.3 Å². The first-order valence-corrected chi connectivity index (χ1v) is 5.70. The number of hydrogen-bond donors (Lipinski definition) is 1. The second-order valence-corrected chi connectivity index (χ2v) is 3.78. The van der Waals surface area contributed by atoms with E-state index in [9.17, 15) is 4.79 Å². The molecular weight excluding hydrogens is 214 g/mol. The molecule has 0 heterocycles. The Morgan fingerprint density at radius 2 is 2.12 bits per heavy atom. The molecule has 0 radical (unpaired) electrons. The number of nitrogens with zero attached hydrogens (tertiary/aromatic N) is 2. The van der Waals surface area contributed by atoms with Crippen molar-refractivity contribution in [3.05, 3.63) is 30.3 Å². The molecule has 0 aliphatic carbocycles. The summed E-state index contributed by atoms with van der Waals surface area (Å²) in [5, 5.41) is 11.4. The van der Waals surface area contributed by atoms with Crippen LogP contribution in [0.25, 0.3) is 0 Å². The molecule has 4 nitrogen and oxygen atoms in total. The summed E-state index contributed by atoms with van der Waals surface area (Å²) in [7, 11) is 0. The molecule has 0 atom stereocenters. The fraction of sp³-hybridized carbons (Fsp3) is 0.385. The quantitative estimate of drug-likeness (QED) is 0.760. The first-order valence-electron chi connectivity index (χ1n) is 5.70. The van der Waals surface area contributed by atoms with Gasteiger partial charge in [-0.05, 0) is 25.1 Å². The van der Waals surface area contributed by atoms with Crippen molar-refractivity contribution in [3.63, 3.8) is 0 Å². The number of carbonyl (C=O) groups is 1. The Labute approximate surface area is 102 Å². The maximum atomic E-state index is 11.7. The molecule has 0 fully saturated rings. The molecular formula is C13H17N3O. The maximum absolute atomic E-state index is 11.7. The van der Waals surface area contributed by atoms with Gasteiger partial charge in [0, 0.05) is 5.69 Å². The second kappa shape index (κ2) is 7.42. The van der Waals surface area contributed by atoms with Crippen molar-refractivity contribution in [1.29, 1.82) is 5.26 Å². The molecule has 0 spiro atoms. The van der Waals surface area contributed by atoms with Gasteiger partial charge in [-0.2, -0.15) is 5.26 Å². The fourth-order valence-corrected chi connectivity index (χ4v) is 1.56. The van der Waals surface area contributed by atoms with Crippen LogP contribution >= 0.6 is 0 Å². The molecule has 17 heavy (non-hydrogen) atoms. The van der Waals surface area contributed by atoms with Crippen molar-refractivity contribution in [2.75, 3.05) is 25.0 Å². The minimum atomic E-state index is -0.0834. The molecule has 1 aromatic carbocycles. The van der Waals surface area contributed by atoms with Crippen LogP contribution in [-0.4, -0.2) is 30.4 Å². The summed E-state index contributed by atoms with van der Waals surface area (Å²) >= 11 is 0. The maximum Gasteiger partial charge on any atom is 0.238 e. The minimum Gasteiger partial charge on any atom is -0.325 e. The number of carbonyl (C=O) groups excluding carboxylic acids is 1. The summed E-state index contributed by atoms with van der Waals surface area (Å²) in [6.07, 6.45) is 0.931. The van der Waals surface area contributed by atoms with Crippen molar-refractivity contribution in [3.8, 4) is 6.07 Å². The van der Waals surface area contributed by atoms with Crippen molar-refractivity contribution < 1.29 is 4.79 Å². The molecule has 0 unspecified atom stereocenters. The van der Waals surface area contributed by atoms with Crippen molar-refractivity contribution >= 4 is 11.6 Å². The van der Waals surface area contributed by atoms with Gasteiger partial charge in [-0.1, -0.05) is 25.1 Å². The summed E-state index contributed by atoms with van der Waals surface area (Å²) < 4.78 is 0. The van der Waals surface area contributed by atoms with E-state index < -0.39 is 0 Å². The minimum absolute atomic E-state index is 0.0834. The monoisotopic (exact) mass is 231 g/mol. The average molecular weight is 231 g/mol. The van der Waals surface area contributed by atoms with E-state index in [1.807, 2.05) is 42.2 Å². The normalized spacial score (nSPS) is 9.94. The second-order valence-electron chi connectivity index (χ2n) is 3.78. The number of anilines is 1. The zero-order valence-corrected chi connectivity index (χ0v) is 10.0. The summed E-state index contributed by atoms with van der Waals surface area (Å²) in [5.74, 6) is -0.0834. The highest BCUT2D eigenvalue weighted by molar-refractivity contribution is 5.92. The molecule has 1 aromatic rings. The highest BCUT2D eigenvalue weighted by Gasteiger charge is 2.09. The van der Waals surface area contributed by atoms with Crippen LogP contribution in [0.4, 0.5) is 5.69 Å². The highest BCUT2D eigenvalue weighted by Crippen LogP contribution is 2.04. The molecule has 1 amide bonds. The number of para-hydroxylation sites is 1. The van der Waals surface area contributed by atoms with Gasteiger partial charge in [-0.3, -0.25) is 9.69 Å². The third kappa shape index (κ3) is 5.14. The van der Waals surface area contributed by atoms with Gasteiger partial charge >= 0.3 is 0 Å². The van der Waals surface area contributed by atoms with Gasteiger partial charge in [0.1, 0.15) is 0 Å². The lowest BCUT2D eigenvalue weighted by Crippen LogP contribution is -2.34. The van der Waals surface area contributed by atoms with Gasteiger partial charge in [0.2, 0.25) is 5.91 Å². The molecule has 0 aliphatic rings. The van der Waals surface area contributed by atoms with E-state index in [1.54, 1.807) is 0 Å². The molecule has 0 saturated carbocycles. The Morgan fingerprint density at radius 3 is 2.71 bits per heavy atom. The summed E-state index contributed by atoms with van der Waals surface area (Å²) in [6.45, 7) is 3.33. The first-order chi connectivity index (χ1) is 8.26. The highest BCUT2D eigenvalue weighted by atomic mass is 16.2. The lowest BCUT2D eigenvalue weighted by Gasteiger charge is -2.17. The Balaban J connectivity index is 2.45. The van der Waals surface area contributed by atoms with Crippen LogP contribution in [0.2, 0.25) is 0 Å². The van der Waals surface area contributed by atoms with Gasteiger partial charge in [-0.25, -0.2) is 0 Å². The predicted molar refractivity (Wildman–Crippen MR) is 67.4 cm³/mol. The summed E-state index contributed by atoms with van der Waals surface area (Å²) in [5.41, 5.74) is 0.783. The van der Waals surface area contributed by atoms with E-state index in [4.69, 9.17) is 5.26 Å². The van der Waals surface area contributed by atoms with Gasteiger partial charge < -0.3 is 5.32 Å².